The molecule has 5 saturated carbocycles. The Morgan fingerprint density at radius 2 is 1.62 bits per heavy atom. The van der Waals surface area contributed by atoms with Crippen molar-refractivity contribution in [1.82, 2.24) is 0 Å². The van der Waals surface area contributed by atoms with Crippen LogP contribution in [0.3, 0.4) is 0 Å². The van der Waals surface area contributed by atoms with Gasteiger partial charge in [0.05, 0.1) is 30.8 Å². The van der Waals surface area contributed by atoms with E-state index >= 15 is 0 Å². The summed E-state index contributed by atoms with van der Waals surface area (Å²) in [5.74, 6) is 0.668. The highest BCUT2D eigenvalue weighted by Gasteiger charge is 2.85. The van der Waals surface area contributed by atoms with Crippen molar-refractivity contribution in [2.45, 2.75) is 117 Å². The third-order valence-corrected chi connectivity index (χ3v) is 14.0. The Morgan fingerprint density at radius 3 is 2.27 bits per heavy atom. The molecule has 6 heteroatoms. The SMILES string of the molecule is C=C(C)C1CCC(C2CCC3(C)C4CCC5C(C)(C(=O)OC)C(O)CC(O)C56CC46CCC23C)C(O)O1. The van der Waals surface area contributed by atoms with Crippen molar-refractivity contribution in [2.75, 3.05) is 7.11 Å². The first-order valence-corrected chi connectivity index (χ1v) is 14.8. The molecule has 13 unspecified atom stereocenters. The average Bonchev–Trinajstić information content (AvgIpc) is 3.48. The van der Waals surface area contributed by atoms with Crippen LogP contribution in [0.15, 0.2) is 12.2 Å². The monoisotopic (exact) mass is 516 g/mol. The summed E-state index contributed by atoms with van der Waals surface area (Å²) in [6.07, 6.45) is 7.14. The number of ether oxygens (including phenoxy) is 2. The maximum absolute atomic E-state index is 13.1. The zero-order chi connectivity index (χ0) is 26.8. The van der Waals surface area contributed by atoms with Crippen molar-refractivity contribution in [1.29, 1.82) is 0 Å². The number of methoxy groups -OCH3 is 1. The largest absolute Gasteiger partial charge is 0.469 e. The lowest BCUT2D eigenvalue weighted by molar-refractivity contribution is -0.225. The highest BCUT2D eigenvalue weighted by molar-refractivity contribution is 5.78. The fourth-order valence-electron chi connectivity index (χ4n) is 11.9. The van der Waals surface area contributed by atoms with Crippen LogP contribution in [0.2, 0.25) is 0 Å². The van der Waals surface area contributed by atoms with E-state index in [9.17, 15) is 20.1 Å². The van der Waals surface area contributed by atoms with Gasteiger partial charge < -0.3 is 24.8 Å². The second kappa shape index (κ2) is 8.05. The molecule has 13 atom stereocenters. The summed E-state index contributed by atoms with van der Waals surface area (Å²) in [6.45, 7) is 12.9. The Hall–Kier alpha value is -0.950. The van der Waals surface area contributed by atoms with Crippen molar-refractivity contribution < 1.29 is 29.6 Å². The molecule has 1 aliphatic heterocycles. The highest BCUT2D eigenvalue weighted by atomic mass is 16.6. The second-order valence-electron chi connectivity index (χ2n) is 14.7. The molecule has 6 rings (SSSR count). The van der Waals surface area contributed by atoms with Gasteiger partial charge in [0.2, 0.25) is 0 Å². The first kappa shape index (κ1) is 26.3. The summed E-state index contributed by atoms with van der Waals surface area (Å²) in [5, 5.41) is 33.7. The minimum absolute atomic E-state index is 0.0284. The van der Waals surface area contributed by atoms with Gasteiger partial charge in [0.1, 0.15) is 0 Å². The second-order valence-corrected chi connectivity index (χ2v) is 14.7. The van der Waals surface area contributed by atoms with Gasteiger partial charge in [-0.1, -0.05) is 26.0 Å². The fraction of sp³-hybridized carbons (Fsp3) is 0.903. The first-order chi connectivity index (χ1) is 17.3. The normalized spacial score (nSPS) is 58.4. The van der Waals surface area contributed by atoms with E-state index in [1.807, 2.05) is 13.8 Å². The minimum atomic E-state index is -0.967. The van der Waals surface area contributed by atoms with Gasteiger partial charge in [0.15, 0.2) is 6.29 Å². The fourth-order valence-corrected chi connectivity index (χ4v) is 11.9. The van der Waals surface area contributed by atoms with Crippen LogP contribution in [-0.2, 0) is 14.3 Å². The summed E-state index contributed by atoms with van der Waals surface area (Å²) in [4.78, 5) is 13.1. The molecule has 6 nitrogen and oxygen atoms in total. The molecule has 1 heterocycles. The lowest BCUT2D eigenvalue weighted by atomic mass is 9.41. The Balaban J connectivity index is 1.32. The quantitative estimate of drug-likeness (QED) is 0.375. The van der Waals surface area contributed by atoms with Crippen LogP contribution in [-0.4, -0.2) is 53.0 Å². The molecular weight excluding hydrogens is 468 g/mol. The summed E-state index contributed by atoms with van der Waals surface area (Å²) >= 11 is 0. The summed E-state index contributed by atoms with van der Waals surface area (Å²) in [7, 11) is 1.42. The summed E-state index contributed by atoms with van der Waals surface area (Å²) in [5.41, 5.74) is -0.0255. The number of aliphatic hydroxyl groups excluding tert-OH is 3. The van der Waals surface area contributed by atoms with E-state index in [1.54, 1.807) is 0 Å². The molecule has 37 heavy (non-hydrogen) atoms. The smallest absolute Gasteiger partial charge is 0.314 e. The van der Waals surface area contributed by atoms with Gasteiger partial charge in [-0.25, -0.2) is 0 Å². The number of rotatable bonds is 3. The van der Waals surface area contributed by atoms with Gasteiger partial charge in [-0.05, 0) is 106 Å². The molecule has 0 aromatic heterocycles. The lowest BCUT2D eigenvalue weighted by Crippen LogP contribution is -2.63. The summed E-state index contributed by atoms with van der Waals surface area (Å²) in [6, 6.07) is 0. The predicted molar refractivity (Wildman–Crippen MR) is 139 cm³/mol. The third-order valence-electron chi connectivity index (χ3n) is 14.0. The Morgan fingerprint density at radius 1 is 0.919 bits per heavy atom. The van der Waals surface area contributed by atoms with Crippen molar-refractivity contribution >= 4 is 5.97 Å². The molecule has 0 aromatic rings. The Bertz CT molecular complexity index is 996. The van der Waals surface area contributed by atoms with Gasteiger partial charge in [-0.15, -0.1) is 0 Å². The van der Waals surface area contributed by atoms with Gasteiger partial charge in [-0.3, -0.25) is 4.79 Å². The van der Waals surface area contributed by atoms with Crippen LogP contribution in [0.4, 0.5) is 0 Å². The molecule has 5 aliphatic carbocycles. The van der Waals surface area contributed by atoms with Gasteiger partial charge in [0.25, 0.3) is 0 Å². The van der Waals surface area contributed by atoms with E-state index < -0.39 is 23.9 Å². The molecule has 0 amide bonds. The average molecular weight is 517 g/mol. The number of fused-ring (bicyclic) bond motifs is 2. The molecule has 6 aliphatic rings. The molecule has 2 spiro atoms. The lowest BCUT2D eigenvalue weighted by Gasteiger charge is -2.64. The molecule has 0 radical (unpaired) electrons. The summed E-state index contributed by atoms with van der Waals surface area (Å²) < 4.78 is 11.3. The van der Waals surface area contributed by atoms with E-state index in [4.69, 9.17) is 9.47 Å². The molecule has 0 bridgehead atoms. The van der Waals surface area contributed by atoms with Crippen LogP contribution in [0.25, 0.3) is 0 Å². The number of hydrogen-bond donors (Lipinski definition) is 3. The molecular formula is C31H48O6. The zero-order valence-corrected chi connectivity index (χ0v) is 23.5. The number of carbonyl (C=O) groups is 1. The van der Waals surface area contributed by atoms with E-state index in [0.29, 0.717) is 11.8 Å². The van der Waals surface area contributed by atoms with Gasteiger partial charge in [-0.2, -0.15) is 0 Å². The first-order valence-electron chi connectivity index (χ1n) is 14.8. The van der Waals surface area contributed by atoms with Crippen LogP contribution < -0.4 is 0 Å². The molecule has 3 N–H and O–H groups in total. The number of esters is 1. The molecule has 208 valence electrons. The zero-order valence-electron chi connectivity index (χ0n) is 23.5. The van der Waals surface area contributed by atoms with Gasteiger partial charge in [0, 0.05) is 17.8 Å². The van der Waals surface area contributed by atoms with Gasteiger partial charge >= 0.3 is 5.97 Å². The van der Waals surface area contributed by atoms with E-state index in [0.717, 1.165) is 63.4 Å². The van der Waals surface area contributed by atoms with Crippen molar-refractivity contribution in [3.63, 3.8) is 0 Å². The van der Waals surface area contributed by atoms with E-state index in [1.165, 1.54) is 7.11 Å². The van der Waals surface area contributed by atoms with Crippen molar-refractivity contribution in [3.8, 4) is 0 Å². The van der Waals surface area contributed by atoms with Crippen molar-refractivity contribution in [2.24, 2.45) is 50.7 Å². The number of aliphatic hydroxyl groups is 3. The third kappa shape index (κ3) is 2.94. The van der Waals surface area contributed by atoms with Crippen LogP contribution in [0, 0.1) is 50.7 Å². The van der Waals surface area contributed by atoms with Crippen LogP contribution in [0.5, 0.6) is 0 Å². The van der Waals surface area contributed by atoms with E-state index in [-0.39, 0.29) is 52.0 Å². The molecule has 1 saturated heterocycles. The van der Waals surface area contributed by atoms with E-state index in [2.05, 4.69) is 20.4 Å². The predicted octanol–water partition coefficient (Wildman–Crippen LogP) is 4.60. The van der Waals surface area contributed by atoms with Crippen molar-refractivity contribution in [3.05, 3.63) is 12.2 Å². The highest BCUT2D eigenvalue weighted by Crippen LogP contribution is 2.89. The topological polar surface area (TPSA) is 96.2 Å². The van der Waals surface area contributed by atoms with Crippen LogP contribution in [0.1, 0.15) is 91.9 Å². The Labute approximate surface area is 222 Å². The number of carbonyl (C=O) groups excluding carboxylic acids is 1. The minimum Gasteiger partial charge on any atom is -0.469 e. The number of hydrogen-bond acceptors (Lipinski definition) is 6. The Kier molecular flexibility index (Phi) is 5.72. The van der Waals surface area contributed by atoms with Crippen LogP contribution >= 0.6 is 0 Å². The maximum atomic E-state index is 13.1. The maximum Gasteiger partial charge on any atom is 0.314 e. The molecule has 0 aromatic carbocycles. The standard InChI is InChI=1S/C31H48O6/c1-17(2)20-8-7-18(25(34)37-20)19-11-12-28(4)21-9-10-22-29(5,26(35)36-6)23(32)15-24(33)31(22)16-30(21,31)14-13-27(19,28)3/h18-25,32-34H,1,7-16H2,2-6H3. The molecule has 6 fully saturated rings.